The molecule has 0 N–H and O–H groups in total. The summed E-state index contributed by atoms with van der Waals surface area (Å²) >= 11 is 7.24. The predicted octanol–water partition coefficient (Wildman–Crippen LogP) is -2.60. The number of hydrogen-bond donors (Lipinski definition) is 0. The smallest absolute Gasteiger partial charge is 1.00 e. The van der Waals surface area contributed by atoms with Crippen LogP contribution in [0.15, 0.2) is 12.1 Å². The molecule has 0 amide bonds. The third kappa shape index (κ3) is 2.84. The summed E-state index contributed by atoms with van der Waals surface area (Å²) in [6.45, 7) is 0. The number of hydrogen-bond acceptors (Lipinski definition) is 2. The Balaban J connectivity index is 0.000001000. The molecule has 0 aliphatic heterocycles. The Labute approximate surface area is 88.4 Å². The van der Waals surface area contributed by atoms with Crippen LogP contribution in [-0.2, 0) is 0 Å². The number of halogens is 2. The van der Waals surface area contributed by atoms with E-state index in [4.69, 9.17) is 16.9 Å². The average Bonchev–Trinajstić information content (AvgIpc) is 1.88. The Bertz CT molecular complexity index is 295. The zero-order valence-corrected chi connectivity index (χ0v) is 8.44. The van der Waals surface area contributed by atoms with Gasteiger partial charge in [0.15, 0.2) is 0 Å². The molecule has 0 unspecified atom stereocenters. The van der Waals surface area contributed by atoms with Crippen molar-refractivity contribution in [3.8, 4) is 6.07 Å². The van der Waals surface area contributed by atoms with Crippen LogP contribution in [0.4, 0.5) is 0 Å². The fourth-order valence-corrected chi connectivity index (χ4v) is 1.15. The van der Waals surface area contributed by atoms with Gasteiger partial charge >= 0.3 is 76.3 Å². The zero-order valence-electron chi connectivity index (χ0n) is 5.51. The molecule has 0 fully saturated rings. The first kappa shape index (κ1) is 11.0. The molecular weight excluding hydrogens is 195 g/mol. The second-order valence-electron chi connectivity index (χ2n) is 1.75. The first-order valence-corrected chi connectivity index (χ1v) is 3.71. The maximum Gasteiger partial charge on any atom is -1.00 e. The van der Waals surface area contributed by atoms with Gasteiger partial charge in [0.05, 0.1) is 0 Å². The molecule has 0 saturated carbocycles. The molecule has 0 aliphatic carbocycles. The maximum atomic E-state index is 8.44. The van der Waals surface area contributed by atoms with E-state index in [1.165, 1.54) is 0 Å². The maximum absolute atomic E-state index is 8.44. The zero-order chi connectivity index (χ0) is 7.56. The van der Waals surface area contributed by atoms with E-state index in [1.54, 1.807) is 33.8 Å². The van der Waals surface area contributed by atoms with E-state index in [0.717, 1.165) is 3.82 Å². The van der Waals surface area contributed by atoms with E-state index in [2.05, 4.69) is 4.98 Å². The summed E-state index contributed by atoms with van der Waals surface area (Å²) in [7, 11) is 0. The van der Waals surface area contributed by atoms with Gasteiger partial charge in [0.2, 0.25) is 0 Å². The molecule has 1 heterocycles. The standard InChI is InChI=1S/C6H2ClN2.ClH.Mg/c7-6-5(4-8)2-1-3-9-6;;/h1-2H;1H;/q;;+1/p-1. The molecule has 1 rings (SSSR count). The normalized spacial score (nSPS) is 8.18. The quantitative estimate of drug-likeness (QED) is 0.338. The molecule has 0 radical (unpaired) electrons. The molecule has 1 aromatic heterocycles. The molecule has 0 saturated heterocycles. The first-order chi connectivity index (χ1) is 4.74. The van der Waals surface area contributed by atoms with Gasteiger partial charge in [0.1, 0.15) is 0 Å². The van der Waals surface area contributed by atoms with Crippen molar-refractivity contribution in [2.75, 3.05) is 0 Å². The minimum Gasteiger partial charge on any atom is -1.00 e. The van der Waals surface area contributed by atoms with Crippen molar-refractivity contribution >= 4 is 37.1 Å². The first-order valence-electron chi connectivity index (χ1n) is 2.62. The predicted molar refractivity (Wildman–Crippen MR) is 39.4 cm³/mol. The second kappa shape index (κ2) is 4.78. The molecule has 0 spiro atoms. The van der Waals surface area contributed by atoms with Crippen LogP contribution in [-0.4, -0.2) is 26.7 Å². The molecule has 2 nitrogen and oxygen atoms in total. The van der Waals surface area contributed by atoms with Crippen molar-refractivity contribution in [1.29, 1.82) is 5.26 Å². The molecule has 1 aromatic rings. The Morgan fingerprint density at radius 3 is 2.64 bits per heavy atom. The summed E-state index contributed by atoms with van der Waals surface area (Å²) < 4.78 is 0.851. The summed E-state index contributed by atoms with van der Waals surface area (Å²) in [6, 6.07) is 5.36. The van der Waals surface area contributed by atoms with Gasteiger partial charge in [-0.2, -0.15) is 0 Å². The van der Waals surface area contributed by atoms with Gasteiger partial charge in [-0.3, -0.25) is 0 Å². The average molecular weight is 197 g/mol. The van der Waals surface area contributed by atoms with E-state index in [-0.39, 0.29) is 17.6 Å². The third-order valence-electron chi connectivity index (χ3n) is 1.03. The molecule has 52 valence electrons. The van der Waals surface area contributed by atoms with Crippen LogP contribution < -0.4 is 16.2 Å². The van der Waals surface area contributed by atoms with Gasteiger partial charge in [0, 0.05) is 0 Å². The van der Waals surface area contributed by atoms with Crippen LogP contribution in [0.25, 0.3) is 0 Å². The summed E-state index contributed by atoms with van der Waals surface area (Å²) in [5.41, 5.74) is 0.428. The van der Waals surface area contributed by atoms with Crippen LogP contribution in [0.3, 0.4) is 0 Å². The number of rotatable bonds is 0. The van der Waals surface area contributed by atoms with Crippen molar-refractivity contribution < 1.29 is 12.4 Å². The molecule has 0 bridgehead atoms. The van der Waals surface area contributed by atoms with E-state index in [9.17, 15) is 0 Å². The Morgan fingerprint density at radius 2 is 2.18 bits per heavy atom. The summed E-state index contributed by atoms with van der Waals surface area (Å²) in [4.78, 5) is 3.90. The van der Waals surface area contributed by atoms with Gasteiger partial charge in [0.25, 0.3) is 0 Å². The van der Waals surface area contributed by atoms with Crippen LogP contribution in [0.1, 0.15) is 5.56 Å². The Hall–Kier alpha value is -0.0138. The molecule has 0 aliphatic rings. The van der Waals surface area contributed by atoms with Crippen molar-refractivity contribution in [2.24, 2.45) is 0 Å². The van der Waals surface area contributed by atoms with Crippen molar-refractivity contribution in [2.45, 2.75) is 0 Å². The molecular formula is C6H2Cl2MgN2. The van der Waals surface area contributed by atoms with Crippen LogP contribution >= 0.6 is 11.6 Å². The minimum absolute atomic E-state index is 0. The summed E-state index contributed by atoms with van der Waals surface area (Å²) in [5.74, 6) is 0. The molecule has 0 aromatic carbocycles. The van der Waals surface area contributed by atoms with Crippen molar-refractivity contribution in [3.05, 3.63) is 22.8 Å². The number of aromatic nitrogens is 1. The third-order valence-corrected chi connectivity index (χ3v) is 1.71. The summed E-state index contributed by atoms with van der Waals surface area (Å²) in [6.07, 6.45) is 0. The number of nitrogens with zero attached hydrogens (tertiary/aromatic N) is 2. The second-order valence-corrected chi connectivity index (χ2v) is 2.84. The number of nitriles is 1. The minimum atomic E-state index is 0. The van der Waals surface area contributed by atoms with Crippen LogP contribution in [0, 0.1) is 11.3 Å². The topological polar surface area (TPSA) is 36.7 Å². The molecule has 11 heavy (non-hydrogen) atoms. The molecule has 5 heteroatoms. The van der Waals surface area contributed by atoms with Gasteiger partial charge in [-0.25, -0.2) is 0 Å². The SMILES string of the molecule is N#Cc1cc[c]([Mg+])nc1Cl.[Cl-]. The largest absolute Gasteiger partial charge is 1.00 e. The van der Waals surface area contributed by atoms with Crippen LogP contribution in [0.2, 0.25) is 5.15 Å². The molecule has 0 atom stereocenters. The summed E-state index contributed by atoms with van der Waals surface area (Å²) in [5, 5.41) is 8.72. The van der Waals surface area contributed by atoms with E-state index in [0.29, 0.717) is 5.56 Å². The van der Waals surface area contributed by atoms with Gasteiger partial charge in [-0.15, -0.1) is 0 Å². The van der Waals surface area contributed by atoms with Crippen molar-refractivity contribution in [1.82, 2.24) is 4.98 Å². The Morgan fingerprint density at radius 1 is 1.55 bits per heavy atom. The van der Waals surface area contributed by atoms with Crippen LogP contribution in [0.5, 0.6) is 0 Å². The van der Waals surface area contributed by atoms with E-state index >= 15 is 0 Å². The fraction of sp³-hybridized carbons (Fsp3) is 0. The Kier molecular flexibility index (Phi) is 4.78. The van der Waals surface area contributed by atoms with E-state index in [1.807, 2.05) is 6.07 Å². The fourth-order valence-electron chi connectivity index (χ4n) is 0.555. The van der Waals surface area contributed by atoms with Gasteiger partial charge in [-0.05, 0) is 0 Å². The number of pyridine rings is 1. The van der Waals surface area contributed by atoms with Gasteiger partial charge in [-0.1, -0.05) is 0 Å². The monoisotopic (exact) mass is 196 g/mol. The van der Waals surface area contributed by atoms with Crippen molar-refractivity contribution in [3.63, 3.8) is 0 Å². The van der Waals surface area contributed by atoms with E-state index < -0.39 is 0 Å². The van der Waals surface area contributed by atoms with Gasteiger partial charge < -0.3 is 12.4 Å².